The number of benzene rings is 1. The topological polar surface area (TPSA) is 94.8 Å². The highest BCUT2D eigenvalue weighted by Gasteiger charge is 2.61. The molecule has 4 heterocycles. The monoisotopic (exact) mass is 469 g/mol. The molecule has 2 aliphatic rings. The van der Waals surface area contributed by atoms with Gasteiger partial charge in [0.25, 0.3) is 0 Å². The van der Waals surface area contributed by atoms with Gasteiger partial charge in [0.2, 0.25) is 5.88 Å². The van der Waals surface area contributed by atoms with Gasteiger partial charge in [-0.3, -0.25) is 4.90 Å². The standard InChI is InChI=1S/C24H28FN5O4/c1-14-9-10-30(28-14)15-5-6-17(19(31)11-15)18-7-8-21(27-26-18)34-20-12-16-13-24(32-3,33-4)23(22(20)25)29(16)2/h5-11,16,20,22-23,31H,12-13H2,1-4H3. The molecule has 0 aliphatic carbocycles. The van der Waals surface area contributed by atoms with Crippen LogP contribution in [0.2, 0.25) is 0 Å². The summed E-state index contributed by atoms with van der Waals surface area (Å²) in [6.07, 6.45) is 0.865. The fourth-order valence-electron chi connectivity index (χ4n) is 5.17. The van der Waals surface area contributed by atoms with Crippen LogP contribution in [0.4, 0.5) is 4.39 Å². The van der Waals surface area contributed by atoms with Gasteiger partial charge in [-0.25, -0.2) is 9.07 Å². The van der Waals surface area contributed by atoms with E-state index in [0.717, 1.165) is 11.4 Å². The number of likely N-dealkylation sites (N-methyl/N-ethyl adjacent to an activating group) is 1. The SMILES string of the molecule is COC1(OC)CC2CC(Oc3ccc(-c4ccc(-n5ccc(C)n5)cc4O)nn3)C(F)C1N2C. The van der Waals surface area contributed by atoms with Crippen molar-refractivity contribution in [1.29, 1.82) is 0 Å². The molecular weight excluding hydrogens is 441 g/mol. The van der Waals surface area contributed by atoms with Crippen molar-refractivity contribution in [2.75, 3.05) is 21.3 Å². The van der Waals surface area contributed by atoms with Crippen LogP contribution >= 0.6 is 0 Å². The molecule has 3 aromatic rings. The van der Waals surface area contributed by atoms with Crippen molar-refractivity contribution in [3.05, 3.63) is 48.3 Å². The lowest BCUT2D eigenvalue weighted by Crippen LogP contribution is -2.59. The van der Waals surface area contributed by atoms with E-state index in [1.807, 2.05) is 37.2 Å². The van der Waals surface area contributed by atoms with Gasteiger partial charge < -0.3 is 19.3 Å². The van der Waals surface area contributed by atoms with Gasteiger partial charge in [0.05, 0.1) is 23.1 Å². The molecule has 10 heteroatoms. The van der Waals surface area contributed by atoms with Crippen LogP contribution in [0.15, 0.2) is 42.6 Å². The first kappa shape index (κ1) is 22.7. The zero-order chi connectivity index (χ0) is 24.0. The summed E-state index contributed by atoms with van der Waals surface area (Å²) in [5, 5.41) is 23.2. The summed E-state index contributed by atoms with van der Waals surface area (Å²) in [5.41, 5.74) is 2.62. The predicted molar refractivity (Wildman–Crippen MR) is 122 cm³/mol. The summed E-state index contributed by atoms with van der Waals surface area (Å²) >= 11 is 0. The summed E-state index contributed by atoms with van der Waals surface area (Å²) < 4.78 is 34.3. The van der Waals surface area contributed by atoms with Crippen LogP contribution in [0.25, 0.3) is 16.9 Å². The summed E-state index contributed by atoms with van der Waals surface area (Å²) in [6, 6.07) is 9.93. The minimum absolute atomic E-state index is 0.0554. The number of aromatic nitrogens is 4. The van der Waals surface area contributed by atoms with Crippen molar-refractivity contribution in [2.24, 2.45) is 0 Å². The average Bonchev–Trinajstić information content (AvgIpc) is 3.36. The smallest absolute Gasteiger partial charge is 0.233 e. The van der Waals surface area contributed by atoms with Crippen molar-refractivity contribution < 1.29 is 23.7 Å². The Morgan fingerprint density at radius 1 is 1.12 bits per heavy atom. The second-order valence-electron chi connectivity index (χ2n) is 8.88. The third-order valence-electron chi connectivity index (χ3n) is 6.99. The highest BCUT2D eigenvalue weighted by Crippen LogP contribution is 2.45. The number of hydrogen-bond donors (Lipinski definition) is 1. The van der Waals surface area contributed by atoms with Crippen LogP contribution in [-0.2, 0) is 9.47 Å². The number of methoxy groups -OCH3 is 2. The number of fused-ring (bicyclic) bond motifs is 2. The molecule has 1 aromatic carbocycles. The fourth-order valence-corrected chi connectivity index (χ4v) is 5.17. The maximum atomic E-state index is 15.5. The third kappa shape index (κ3) is 3.71. The van der Waals surface area contributed by atoms with Crippen molar-refractivity contribution in [3.63, 3.8) is 0 Å². The largest absolute Gasteiger partial charge is 0.507 e. The predicted octanol–water partition coefficient (Wildman–Crippen LogP) is 2.89. The number of nitrogens with zero attached hydrogens (tertiary/aromatic N) is 5. The Hall–Kier alpha value is -3.08. The second kappa shape index (κ2) is 8.61. The minimum Gasteiger partial charge on any atom is -0.507 e. The third-order valence-corrected chi connectivity index (χ3v) is 6.99. The molecule has 2 saturated heterocycles. The normalized spacial score (nSPS) is 26.0. The van der Waals surface area contributed by atoms with Crippen molar-refractivity contribution >= 4 is 0 Å². The summed E-state index contributed by atoms with van der Waals surface area (Å²) in [5.74, 6) is -0.714. The van der Waals surface area contributed by atoms with E-state index >= 15 is 4.39 Å². The highest BCUT2D eigenvalue weighted by molar-refractivity contribution is 5.68. The maximum Gasteiger partial charge on any atom is 0.233 e. The Bertz CT molecular complexity index is 1170. The van der Waals surface area contributed by atoms with E-state index in [1.54, 1.807) is 43.2 Å². The van der Waals surface area contributed by atoms with Crippen LogP contribution in [0.3, 0.4) is 0 Å². The van der Waals surface area contributed by atoms with Crippen LogP contribution in [-0.4, -0.2) is 81.4 Å². The van der Waals surface area contributed by atoms with Gasteiger partial charge in [0, 0.05) is 57.0 Å². The summed E-state index contributed by atoms with van der Waals surface area (Å²) in [4.78, 5) is 1.98. The number of ether oxygens (including phenoxy) is 3. The van der Waals surface area contributed by atoms with E-state index in [0.29, 0.717) is 24.1 Å². The van der Waals surface area contributed by atoms with Gasteiger partial charge in [-0.05, 0) is 38.2 Å². The van der Waals surface area contributed by atoms with E-state index in [4.69, 9.17) is 14.2 Å². The number of halogens is 1. The van der Waals surface area contributed by atoms with Crippen LogP contribution in [0.1, 0.15) is 18.5 Å². The molecule has 4 atom stereocenters. The molecule has 1 N–H and O–H groups in total. The van der Waals surface area contributed by atoms with Crippen LogP contribution in [0, 0.1) is 6.92 Å². The van der Waals surface area contributed by atoms with Gasteiger partial charge in [0.1, 0.15) is 11.9 Å². The van der Waals surface area contributed by atoms with Gasteiger partial charge in [-0.1, -0.05) is 0 Å². The van der Waals surface area contributed by atoms with Crippen molar-refractivity contribution in [1.82, 2.24) is 24.9 Å². The number of alkyl halides is 1. The molecule has 34 heavy (non-hydrogen) atoms. The maximum absolute atomic E-state index is 15.5. The van der Waals surface area contributed by atoms with Gasteiger partial charge >= 0.3 is 0 Å². The number of aryl methyl sites for hydroxylation is 1. The quantitative estimate of drug-likeness (QED) is 0.551. The number of phenols is 1. The molecule has 2 bridgehead atoms. The van der Waals surface area contributed by atoms with Gasteiger partial charge in [-0.15, -0.1) is 10.2 Å². The molecule has 0 amide bonds. The first-order valence-electron chi connectivity index (χ1n) is 11.2. The molecule has 2 aromatic heterocycles. The average molecular weight is 470 g/mol. The molecular formula is C24H28FN5O4. The molecule has 2 fully saturated rings. The van der Waals surface area contributed by atoms with Gasteiger partial charge in [0.15, 0.2) is 12.0 Å². The molecule has 9 nitrogen and oxygen atoms in total. The van der Waals surface area contributed by atoms with Crippen LogP contribution < -0.4 is 4.74 Å². The highest BCUT2D eigenvalue weighted by atomic mass is 19.1. The second-order valence-corrected chi connectivity index (χ2v) is 8.88. The molecule has 5 rings (SSSR count). The number of rotatable bonds is 6. The molecule has 0 spiro atoms. The Morgan fingerprint density at radius 2 is 1.91 bits per heavy atom. The summed E-state index contributed by atoms with van der Waals surface area (Å²) in [7, 11) is 4.98. The minimum atomic E-state index is -1.33. The molecule has 0 saturated carbocycles. The molecule has 4 unspecified atom stereocenters. The zero-order valence-corrected chi connectivity index (χ0v) is 19.6. The fraction of sp³-hybridized carbons (Fsp3) is 0.458. The van der Waals surface area contributed by atoms with E-state index in [2.05, 4.69) is 15.3 Å². The van der Waals surface area contributed by atoms with Crippen molar-refractivity contribution in [3.8, 4) is 28.6 Å². The van der Waals surface area contributed by atoms with Crippen LogP contribution in [0.5, 0.6) is 11.6 Å². The zero-order valence-electron chi connectivity index (χ0n) is 19.6. The van der Waals surface area contributed by atoms with Crippen molar-refractivity contribution in [2.45, 2.75) is 49.9 Å². The Labute approximate surface area is 197 Å². The first-order chi connectivity index (χ1) is 16.3. The first-order valence-corrected chi connectivity index (χ1v) is 11.2. The number of aromatic hydroxyl groups is 1. The number of phenolic OH excluding ortho intramolecular Hbond substituents is 1. The lowest BCUT2D eigenvalue weighted by atomic mass is 9.97. The Morgan fingerprint density at radius 3 is 2.53 bits per heavy atom. The summed E-state index contributed by atoms with van der Waals surface area (Å²) in [6.45, 7) is 1.90. The number of piperidine rings is 1. The van der Waals surface area contributed by atoms with E-state index < -0.39 is 24.1 Å². The molecule has 180 valence electrons. The number of hydrogen-bond acceptors (Lipinski definition) is 8. The molecule has 0 radical (unpaired) electrons. The molecule has 2 aliphatic heterocycles. The van der Waals surface area contributed by atoms with Gasteiger partial charge in [-0.2, -0.15) is 5.10 Å². The lowest BCUT2D eigenvalue weighted by molar-refractivity contribution is -0.232. The van der Waals surface area contributed by atoms with E-state index in [-0.39, 0.29) is 17.7 Å². The lowest BCUT2D eigenvalue weighted by Gasteiger charge is -2.41. The van der Waals surface area contributed by atoms with E-state index in [1.165, 1.54) is 0 Å². The Balaban J connectivity index is 1.32. The Kier molecular flexibility index (Phi) is 5.75. The van der Waals surface area contributed by atoms with E-state index in [9.17, 15) is 5.11 Å².